The minimum Gasteiger partial charge on any atom is -0.481 e. The Bertz CT molecular complexity index is 734. The molecule has 0 radical (unpaired) electrons. The molecule has 0 aromatic rings. The topological polar surface area (TPSA) is 211 Å². The van der Waals surface area contributed by atoms with E-state index in [1.807, 2.05) is 0 Å². The van der Waals surface area contributed by atoms with E-state index in [4.69, 9.17) is 15.3 Å². The fourth-order valence-electron chi connectivity index (χ4n) is 3.14. The molecule has 1 saturated heterocycles. The molecule has 0 aliphatic carbocycles. The van der Waals surface area contributed by atoms with Crippen LogP contribution < -0.4 is 21.3 Å². The summed E-state index contributed by atoms with van der Waals surface area (Å²) in [5.74, 6) is -6.87. The highest BCUT2D eigenvalue weighted by atomic mass is 16.4. The Morgan fingerprint density at radius 1 is 0.906 bits per heavy atom. The largest absolute Gasteiger partial charge is 0.481 e. The first kappa shape index (κ1) is 26.8. The summed E-state index contributed by atoms with van der Waals surface area (Å²) in [5, 5.41) is 36.8. The van der Waals surface area contributed by atoms with Crippen molar-refractivity contribution >= 4 is 35.6 Å². The maximum atomic E-state index is 12.8. The van der Waals surface area contributed by atoms with Crippen LogP contribution in [0, 0.1) is 5.92 Å². The second-order valence-electron chi connectivity index (χ2n) is 7.87. The van der Waals surface area contributed by atoms with E-state index >= 15 is 0 Å². The number of amides is 3. The third-order valence-corrected chi connectivity index (χ3v) is 4.90. The molecule has 180 valence electrons. The van der Waals surface area contributed by atoms with Gasteiger partial charge in [0.2, 0.25) is 17.7 Å². The lowest BCUT2D eigenvalue weighted by Gasteiger charge is -2.26. The molecule has 7 N–H and O–H groups in total. The van der Waals surface area contributed by atoms with E-state index in [1.54, 1.807) is 13.8 Å². The molecule has 1 aliphatic rings. The second kappa shape index (κ2) is 12.6. The molecule has 13 nitrogen and oxygen atoms in total. The number of carboxylic acid groups (broad SMARTS) is 3. The Balaban J connectivity index is 2.91. The van der Waals surface area contributed by atoms with E-state index in [1.165, 1.54) is 0 Å². The monoisotopic (exact) mass is 458 g/mol. The van der Waals surface area contributed by atoms with E-state index in [2.05, 4.69) is 21.3 Å². The number of hydrogen-bond donors (Lipinski definition) is 7. The lowest BCUT2D eigenvalue weighted by atomic mass is 10.0. The first-order chi connectivity index (χ1) is 14.9. The number of carbonyl (C=O) groups is 6. The highest BCUT2D eigenvalue weighted by molar-refractivity contribution is 5.95. The molecule has 1 heterocycles. The zero-order chi connectivity index (χ0) is 24.4. The standard InChI is InChI=1S/C19H30N4O9/c1-9(2)15(18(30)22-12(19(31)32)8-14(26)27)23-17(29)11(5-6-13(24)25)21-16(28)10-4-3-7-20-10/h9-12,15,20H,3-8H2,1-2H3,(H,21,28)(H,22,30)(H,23,29)(H,24,25)(H,26,27)(H,31,32). The third-order valence-electron chi connectivity index (χ3n) is 4.90. The molecular formula is C19H30N4O9. The maximum absolute atomic E-state index is 12.8. The van der Waals surface area contributed by atoms with Crippen molar-refractivity contribution in [2.24, 2.45) is 5.92 Å². The third kappa shape index (κ3) is 8.88. The average Bonchev–Trinajstić information content (AvgIpc) is 3.22. The van der Waals surface area contributed by atoms with Crippen LogP contribution in [0.4, 0.5) is 0 Å². The summed E-state index contributed by atoms with van der Waals surface area (Å²) < 4.78 is 0. The van der Waals surface area contributed by atoms with Crippen molar-refractivity contribution in [3.05, 3.63) is 0 Å². The number of rotatable bonds is 13. The van der Waals surface area contributed by atoms with Gasteiger partial charge in [-0.1, -0.05) is 13.8 Å². The summed E-state index contributed by atoms with van der Waals surface area (Å²) >= 11 is 0. The lowest BCUT2D eigenvalue weighted by molar-refractivity contribution is -0.147. The van der Waals surface area contributed by atoms with Crippen LogP contribution in [0.3, 0.4) is 0 Å². The van der Waals surface area contributed by atoms with Crippen LogP contribution in [0.25, 0.3) is 0 Å². The zero-order valence-corrected chi connectivity index (χ0v) is 17.9. The van der Waals surface area contributed by atoms with Gasteiger partial charge in [0.05, 0.1) is 12.5 Å². The number of aliphatic carboxylic acids is 3. The Labute approximate surface area is 184 Å². The van der Waals surface area contributed by atoms with Crippen LogP contribution in [0.1, 0.15) is 46.0 Å². The molecule has 0 aromatic carbocycles. The predicted molar refractivity (Wildman–Crippen MR) is 108 cm³/mol. The fourth-order valence-corrected chi connectivity index (χ4v) is 3.14. The SMILES string of the molecule is CC(C)C(NC(=O)C(CCC(=O)O)NC(=O)C1CCCN1)C(=O)NC(CC(=O)O)C(=O)O. The molecule has 4 atom stereocenters. The molecule has 1 rings (SSSR count). The van der Waals surface area contributed by atoms with Gasteiger partial charge >= 0.3 is 17.9 Å². The van der Waals surface area contributed by atoms with Crippen LogP contribution in [0.15, 0.2) is 0 Å². The van der Waals surface area contributed by atoms with E-state index in [-0.39, 0.29) is 6.42 Å². The smallest absolute Gasteiger partial charge is 0.326 e. The van der Waals surface area contributed by atoms with Gasteiger partial charge in [-0.3, -0.25) is 24.0 Å². The molecule has 32 heavy (non-hydrogen) atoms. The molecule has 0 aromatic heterocycles. The number of nitrogens with one attached hydrogen (secondary N) is 4. The Morgan fingerprint density at radius 2 is 1.56 bits per heavy atom. The van der Waals surface area contributed by atoms with E-state index in [9.17, 15) is 28.8 Å². The van der Waals surface area contributed by atoms with Gasteiger partial charge in [-0.05, 0) is 31.7 Å². The van der Waals surface area contributed by atoms with E-state index in [0.29, 0.717) is 13.0 Å². The van der Waals surface area contributed by atoms with Crippen LogP contribution >= 0.6 is 0 Å². The van der Waals surface area contributed by atoms with Crippen LogP contribution in [-0.2, 0) is 28.8 Å². The molecular weight excluding hydrogens is 428 g/mol. The van der Waals surface area contributed by atoms with Gasteiger partial charge in [-0.15, -0.1) is 0 Å². The summed E-state index contributed by atoms with van der Waals surface area (Å²) in [6.07, 6.45) is -0.139. The zero-order valence-electron chi connectivity index (χ0n) is 17.9. The van der Waals surface area contributed by atoms with Crippen molar-refractivity contribution in [2.45, 2.75) is 70.1 Å². The highest BCUT2D eigenvalue weighted by Gasteiger charge is 2.33. The average molecular weight is 458 g/mol. The van der Waals surface area contributed by atoms with Gasteiger partial charge in [0.1, 0.15) is 18.1 Å². The van der Waals surface area contributed by atoms with Crippen molar-refractivity contribution in [1.82, 2.24) is 21.3 Å². The van der Waals surface area contributed by atoms with Crippen LogP contribution in [0.5, 0.6) is 0 Å². The highest BCUT2D eigenvalue weighted by Crippen LogP contribution is 2.09. The van der Waals surface area contributed by atoms with Gasteiger partial charge in [-0.2, -0.15) is 0 Å². The maximum Gasteiger partial charge on any atom is 0.326 e. The summed E-state index contributed by atoms with van der Waals surface area (Å²) in [7, 11) is 0. The first-order valence-corrected chi connectivity index (χ1v) is 10.2. The molecule has 13 heteroatoms. The molecule has 1 fully saturated rings. The van der Waals surface area contributed by atoms with Gasteiger partial charge in [0.25, 0.3) is 0 Å². The van der Waals surface area contributed by atoms with E-state index in [0.717, 1.165) is 6.42 Å². The Morgan fingerprint density at radius 3 is 2.03 bits per heavy atom. The molecule has 4 unspecified atom stereocenters. The quantitative estimate of drug-likeness (QED) is 0.166. The molecule has 3 amide bonds. The van der Waals surface area contributed by atoms with Gasteiger partial charge in [-0.25, -0.2) is 4.79 Å². The molecule has 1 aliphatic heterocycles. The summed E-state index contributed by atoms with van der Waals surface area (Å²) in [6, 6.07) is -4.68. The van der Waals surface area contributed by atoms with Crippen molar-refractivity contribution in [1.29, 1.82) is 0 Å². The minimum absolute atomic E-state index is 0.219. The fraction of sp³-hybridized carbons (Fsp3) is 0.684. The second-order valence-corrected chi connectivity index (χ2v) is 7.87. The Hall–Kier alpha value is -3.22. The van der Waals surface area contributed by atoms with Crippen molar-refractivity contribution in [3.8, 4) is 0 Å². The van der Waals surface area contributed by atoms with Gasteiger partial charge in [0, 0.05) is 6.42 Å². The van der Waals surface area contributed by atoms with Crippen LogP contribution in [0.2, 0.25) is 0 Å². The van der Waals surface area contributed by atoms with Crippen LogP contribution in [-0.4, -0.2) is 81.7 Å². The lowest BCUT2D eigenvalue weighted by Crippen LogP contribution is -2.58. The molecule has 0 spiro atoms. The minimum atomic E-state index is -1.70. The van der Waals surface area contributed by atoms with Crippen molar-refractivity contribution in [3.63, 3.8) is 0 Å². The molecule has 0 saturated carbocycles. The molecule has 0 bridgehead atoms. The number of carboxylic acids is 3. The normalized spacial score (nSPS) is 18.3. The predicted octanol–water partition coefficient (Wildman–Crippen LogP) is -1.73. The van der Waals surface area contributed by atoms with Crippen molar-refractivity contribution in [2.75, 3.05) is 6.54 Å². The summed E-state index contributed by atoms with van der Waals surface area (Å²) in [4.78, 5) is 70.7. The number of carbonyl (C=O) groups excluding carboxylic acids is 3. The Kier molecular flexibility index (Phi) is 10.5. The summed E-state index contributed by atoms with van der Waals surface area (Å²) in [6.45, 7) is 3.79. The van der Waals surface area contributed by atoms with Gasteiger partial charge in [0.15, 0.2) is 0 Å². The summed E-state index contributed by atoms with van der Waals surface area (Å²) in [5.41, 5.74) is 0. The number of hydrogen-bond acceptors (Lipinski definition) is 7. The first-order valence-electron chi connectivity index (χ1n) is 10.2. The van der Waals surface area contributed by atoms with Crippen molar-refractivity contribution < 1.29 is 44.1 Å². The van der Waals surface area contributed by atoms with Gasteiger partial charge < -0.3 is 36.6 Å². The van der Waals surface area contributed by atoms with E-state index < -0.39 is 78.6 Å².